The van der Waals surface area contributed by atoms with Crippen molar-refractivity contribution in [3.8, 4) is 0 Å². The average molecular weight is 1250 g/mol. The van der Waals surface area contributed by atoms with Gasteiger partial charge in [-0.2, -0.15) is 0 Å². The molecule has 0 amide bonds. The van der Waals surface area contributed by atoms with Crippen molar-refractivity contribution >= 4 is 68.4 Å². The third-order valence-corrected chi connectivity index (χ3v) is 23.2. The first-order valence-corrected chi connectivity index (χ1v) is 33.6. The molecule has 0 aliphatic heterocycles. The van der Waals surface area contributed by atoms with Crippen LogP contribution in [0.3, 0.4) is 0 Å². The van der Waals surface area contributed by atoms with E-state index in [0.717, 1.165) is 79.8 Å². The lowest BCUT2D eigenvalue weighted by Gasteiger charge is -2.19. The van der Waals surface area contributed by atoms with E-state index in [4.69, 9.17) is 34.9 Å². The van der Waals surface area contributed by atoms with Crippen LogP contribution in [0.2, 0.25) is 0 Å². The zero-order chi connectivity index (χ0) is 71.1. The minimum Gasteiger partial charge on any atom is -0.251 e. The van der Waals surface area contributed by atoms with Crippen LogP contribution < -0.4 is 0 Å². The second-order valence-corrected chi connectivity index (χ2v) is 27.7. The van der Waals surface area contributed by atoms with Crippen molar-refractivity contribution in [3.63, 3.8) is 0 Å². The Balaban J connectivity index is 0.000000257. The largest absolute Gasteiger partial charge is 0.251 e. The third-order valence-electron chi connectivity index (χ3n) is 23.2. The highest BCUT2D eigenvalue weighted by Crippen LogP contribution is 2.39. The molecule has 93 heavy (non-hydrogen) atoms. The molecule has 0 saturated heterocycles. The molecule has 0 bridgehead atoms. The fraction of sp³-hybridized carbons (Fsp3) is 0.453. The lowest BCUT2D eigenvalue weighted by Crippen LogP contribution is -2.13. The number of aliphatic imine (C=N–C) groups is 6. The Labute approximate surface area is 565 Å². The Bertz CT molecular complexity index is 3800. The molecule has 496 valence electrons. The predicted octanol–water partition coefficient (Wildman–Crippen LogP) is 24.7. The van der Waals surface area contributed by atoms with Crippen LogP contribution in [0, 0.1) is 228 Å². The summed E-state index contributed by atoms with van der Waals surface area (Å²) in [6, 6.07) is 0. The Morgan fingerprint density at radius 3 is 0.398 bits per heavy atom. The van der Waals surface area contributed by atoms with Gasteiger partial charge in [0.05, 0.1) is 79.8 Å². The van der Waals surface area contributed by atoms with Gasteiger partial charge in [0.15, 0.2) is 0 Å². The maximum absolute atomic E-state index is 5.21. The summed E-state index contributed by atoms with van der Waals surface area (Å²) in [5.74, 6) is 0. The topological polar surface area (TPSA) is 87.0 Å². The summed E-state index contributed by atoms with van der Waals surface area (Å²) in [5.41, 5.74) is 57.1. The first kappa shape index (κ1) is 76.2. The van der Waals surface area contributed by atoms with Gasteiger partial charge in [0.25, 0.3) is 0 Å². The number of benzene rings is 6. The fourth-order valence-electron chi connectivity index (χ4n) is 12.9. The van der Waals surface area contributed by atoms with Gasteiger partial charge in [-0.3, -0.25) is 30.0 Å². The number of hydrogen-bond acceptors (Lipinski definition) is 7. The molecule has 0 spiro atoms. The van der Waals surface area contributed by atoms with Crippen LogP contribution >= 0.6 is 0 Å². The van der Waals surface area contributed by atoms with Crippen molar-refractivity contribution in [1.82, 2.24) is 4.98 Å². The standard InChI is InChI=1S/C34H45N3.2C26H36N2/c1-16-18(3)23(8)31(24(9)19(16)4)35-29(14)33-27(12)22(7)28(13)34(37-33)30(15)36-32-25(10)20(5)17(2)21(6)26(32)11;2*1-13-15(3)19(7)25(20(8)16(13)4)27-23(11)24(12)28-26-21(9)17(5)14(2)18(6)22(26)10/h1-15H3;2*1-12H3. The summed E-state index contributed by atoms with van der Waals surface area (Å²) in [6.45, 7) is 84.6. The lowest BCUT2D eigenvalue weighted by atomic mass is 9.92. The van der Waals surface area contributed by atoms with Gasteiger partial charge in [-0.05, 0) is 454 Å². The molecule has 6 aromatic carbocycles. The molecule has 1 heterocycles. The quantitative estimate of drug-likeness (QED) is 0.126. The maximum atomic E-state index is 5.21. The molecule has 0 saturated carbocycles. The van der Waals surface area contributed by atoms with E-state index in [-0.39, 0.29) is 0 Å². The lowest BCUT2D eigenvalue weighted by molar-refractivity contribution is 1.11. The van der Waals surface area contributed by atoms with Gasteiger partial charge < -0.3 is 0 Å². The predicted molar refractivity (Wildman–Crippen MR) is 414 cm³/mol. The average Bonchev–Trinajstić information content (AvgIpc) is 0.855. The van der Waals surface area contributed by atoms with E-state index in [1.807, 2.05) is 0 Å². The molecule has 0 unspecified atom stereocenters. The minimum absolute atomic E-state index is 0.942. The molecule has 7 heteroatoms. The van der Waals surface area contributed by atoms with Crippen molar-refractivity contribution in [2.24, 2.45) is 30.0 Å². The SMILES string of the molecule is CC(=Nc1c(C)c(C)c(C)c(C)c1C)C(C)=Nc1c(C)c(C)c(C)c(C)c1C.CC(=Nc1c(C)c(C)c(C)c(C)c1C)C(C)=Nc1c(C)c(C)c(C)c(C)c1C.CC(=Nc1c(C)c(C)c(C)c(C)c1C)c1nc(C(C)=Nc2c(C)c(C)c(C)c(C)c2C)c(C)c(C)c1C. The molecule has 0 fully saturated rings. The van der Waals surface area contributed by atoms with E-state index < -0.39 is 0 Å². The van der Waals surface area contributed by atoms with E-state index >= 15 is 0 Å². The van der Waals surface area contributed by atoms with Gasteiger partial charge in [0, 0.05) is 0 Å². The van der Waals surface area contributed by atoms with Crippen LogP contribution in [-0.2, 0) is 0 Å². The van der Waals surface area contributed by atoms with Crippen molar-refractivity contribution < 1.29 is 0 Å². The van der Waals surface area contributed by atoms with Crippen LogP contribution in [-0.4, -0.2) is 39.3 Å². The summed E-state index contributed by atoms with van der Waals surface area (Å²) >= 11 is 0. The molecule has 1 aromatic heterocycles. The summed E-state index contributed by atoms with van der Waals surface area (Å²) in [6.07, 6.45) is 0. The van der Waals surface area contributed by atoms with E-state index in [1.54, 1.807) is 0 Å². The van der Waals surface area contributed by atoms with Crippen LogP contribution in [0.25, 0.3) is 0 Å². The number of aromatic nitrogens is 1. The minimum atomic E-state index is 0.942. The smallest absolute Gasteiger partial charge is 0.0881 e. The van der Waals surface area contributed by atoms with Crippen LogP contribution in [0.1, 0.15) is 237 Å². The zero-order valence-corrected chi connectivity index (χ0v) is 65.6. The van der Waals surface area contributed by atoms with Gasteiger partial charge in [0.2, 0.25) is 0 Å². The molecule has 0 atom stereocenters. The number of pyridine rings is 1. The molecule has 7 nitrogen and oxygen atoms in total. The zero-order valence-electron chi connectivity index (χ0n) is 65.6. The van der Waals surface area contributed by atoms with Crippen molar-refractivity contribution in [2.75, 3.05) is 0 Å². The summed E-state index contributed by atoms with van der Waals surface area (Å²) in [5, 5.41) is 0. The molecule has 0 N–H and O–H groups in total. The van der Waals surface area contributed by atoms with E-state index in [0.29, 0.717) is 0 Å². The Hall–Kier alpha value is -7.51. The number of hydrogen-bond donors (Lipinski definition) is 0. The Kier molecular flexibility index (Phi) is 24.4. The van der Waals surface area contributed by atoms with Crippen LogP contribution in [0.4, 0.5) is 34.1 Å². The van der Waals surface area contributed by atoms with Gasteiger partial charge in [-0.25, -0.2) is 4.98 Å². The monoisotopic (exact) mass is 1250 g/mol. The van der Waals surface area contributed by atoms with Gasteiger partial charge in [-0.15, -0.1) is 0 Å². The van der Waals surface area contributed by atoms with E-state index in [9.17, 15) is 0 Å². The van der Waals surface area contributed by atoms with Gasteiger partial charge >= 0.3 is 0 Å². The van der Waals surface area contributed by atoms with Crippen LogP contribution in [0.15, 0.2) is 30.0 Å². The summed E-state index contributed by atoms with van der Waals surface area (Å²) in [7, 11) is 0. The van der Waals surface area contributed by atoms with Gasteiger partial charge in [-0.1, -0.05) is 0 Å². The molecular formula is C86H117N7. The number of rotatable bonds is 10. The second kappa shape index (κ2) is 29.8. The van der Waals surface area contributed by atoms with Crippen molar-refractivity contribution in [3.05, 3.63) is 195 Å². The highest BCUT2D eigenvalue weighted by molar-refractivity contribution is 6.42. The molecule has 7 aromatic rings. The summed E-state index contributed by atoms with van der Waals surface area (Å²) in [4.78, 5) is 35.7. The van der Waals surface area contributed by atoms with E-state index in [1.165, 1.54) is 184 Å². The highest BCUT2D eigenvalue weighted by atomic mass is 14.9. The Morgan fingerprint density at radius 2 is 0.258 bits per heavy atom. The second-order valence-electron chi connectivity index (χ2n) is 27.7. The molecule has 7 rings (SSSR count). The first-order valence-electron chi connectivity index (χ1n) is 33.6. The normalized spacial score (nSPS) is 12.6. The van der Waals surface area contributed by atoms with Crippen molar-refractivity contribution in [2.45, 2.75) is 270 Å². The third kappa shape index (κ3) is 14.9. The fourth-order valence-corrected chi connectivity index (χ4v) is 12.9. The molecule has 0 aliphatic rings. The molecular weight excluding hydrogens is 1130 g/mol. The summed E-state index contributed by atoms with van der Waals surface area (Å²) < 4.78 is 0. The van der Waals surface area contributed by atoms with E-state index in [2.05, 4.69) is 270 Å². The Morgan fingerprint density at radius 1 is 0.151 bits per heavy atom. The highest BCUT2D eigenvalue weighted by Gasteiger charge is 2.22. The first-order chi connectivity index (χ1) is 42.9. The molecule has 0 aliphatic carbocycles. The maximum Gasteiger partial charge on any atom is 0.0881 e. The number of nitrogens with zero attached hydrogens (tertiary/aromatic N) is 7. The van der Waals surface area contributed by atoms with Crippen molar-refractivity contribution in [1.29, 1.82) is 0 Å². The van der Waals surface area contributed by atoms with Gasteiger partial charge in [0.1, 0.15) is 0 Å². The molecule has 0 radical (unpaired) electrons. The van der Waals surface area contributed by atoms with Crippen LogP contribution in [0.5, 0.6) is 0 Å².